The fraction of sp³-hybridized carbons (Fsp3) is 0. The molecule has 0 amide bonds. The first-order chi connectivity index (χ1) is 1.91. The molecular weight excluding hydrogens is 119 g/mol. The Morgan fingerprint density at radius 1 is 1.60 bits per heavy atom. The first-order valence-electron chi connectivity index (χ1n) is 0.622. The van der Waals surface area contributed by atoms with Gasteiger partial charge in [-0.25, -0.2) is 0 Å². The minimum absolute atomic E-state index is 0. The van der Waals surface area contributed by atoms with Gasteiger partial charge in [0, 0.05) is 0 Å². The van der Waals surface area contributed by atoms with Gasteiger partial charge in [0.15, 0.2) is 0 Å². The minimum atomic E-state index is 0. The van der Waals surface area contributed by atoms with Crippen molar-refractivity contribution >= 4 is 0 Å². The molecule has 0 aliphatic heterocycles. The molecule has 0 fully saturated rings. The predicted molar refractivity (Wildman–Crippen MR) is 7.53 cm³/mol. The van der Waals surface area contributed by atoms with E-state index >= 15 is 0 Å². The number of rotatable bonds is 1. The third-order valence-electron chi connectivity index (χ3n) is 0.0481. The van der Waals surface area contributed by atoms with Crippen molar-refractivity contribution in [2.24, 2.45) is 0 Å². The molecule has 5 heavy (non-hydrogen) atoms. The van der Waals surface area contributed by atoms with Crippen molar-refractivity contribution in [3.8, 4) is 0 Å². The Kier molecular flexibility index (Phi) is 16.0. The van der Waals surface area contributed by atoms with Crippen LogP contribution in [0.2, 0.25) is 0 Å². The Morgan fingerprint density at radius 2 is 1.80 bits per heavy atom. The molecule has 0 N–H and O–H groups in total. The minimum Gasteiger partial charge on any atom is -0.695 e. The van der Waals surface area contributed by atoms with Gasteiger partial charge < -0.3 is 15.2 Å². The van der Waals surface area contributed by atoms with Crippen LogP contribution in [0.25, 0.3) is 0 Å². The zero-order valence-corrected chi connectivity index (χ0v) is 3.31. The zero-order valence-electron chi connectivity index (χ0n) is 2.27. The smallest absolute Gasteiger partial charge is 0.695 e. The van der Waals surface area contributed by atoms with Crippen LogP contribution in [0, 0.1) is 7.11 Å². The van der Waals surface area contributed by atoms with Crippen LogP contribution in [0.1, 0.15) is 0 Å². The summed E-state index contributed by atoms with van der Waals surface area (Å²) in [4.78, 5) is 3.24. The van der Waals surface area contributed by atoms with E-state index in [4.69, 9.17) is 5.26 Å². The number of hydrogen-bond donors (Lipinski definition) is 0. The summed E-state index contributed by atoms with van der Waals surface area (Å²) < 4.78 is 0. The van der Waals surface area contributed by atoms with Crippen molar-refractivity contribution < 1.29 is 32.0 Å². The van der Waals surface area contributed by atoms with E-state index in [1.807, 2.05) is 0 Å². The molecule has 0 saturated heterocycles. The topological polar surface area (TPSA) is 41.5 Å². The maximum atomic E-state index is 8.51. The van der Waals surface area contributed by atoms with Gasteiger partial charge in [-0.15, -0.1) is 0 Å². The van der Waals surface area contributed by atoms with Crippen LogP contribution in [0.4, 0.5) is 0 Å². The van der Waals surface area contributed by atoms with E-state index in [2.05, 4.69) is 17.0 Å². The van der Waals surface area contributed by atoms with E-state index in [0.29, 0.717) is 0 Å². The molecule has 4 heteroatoms. The molecule has 0 aromatic rings. The van der Waals surface area contributed by atoms with Gasteiger partial charge in [-0.2, -0.15) is 7.11 Å². The molecule has 0 rings (SSSR count). The molecular formula is CH2CoO3. The van der Waals surface area contributed by atoms with Crippen LogP contribution in [0.3, 0.4) is 0 Å². The van der Waals surface area contributed by atoms with Crippen molar-refractivity contribution in [3.05, 3.63) is 7.11 Å². The van der Waals surface area contributed by atoms with E-state index in [1.165, 1.54) is 0 Å². The standard InChI is InChI=1S/CH3O3.Co/c1-3-4-2;/h2H,1H2;/q-1;+2/p-1. The van der Waals surface area contributed by atoms with E-state index in [-0.39, 0.29) is 16.8 Å². The van der Waals surface area contributed by atoms with Gasteiger partial charge in [0.05, 0.1) is 0 Å². The third-order valence-corrected chi connectivity index (χ3v) is 0.0481. The second-order valence-electron chi connectivity index (χ2n) is 0.186. The maximum Gasteiger partial charge on any atom is 2.00 e. The summed E-state index contributed by atoms with van der Waals surface area (Å²) in [5, 5.41) is 11.2. The van der Waals surface area contributed by atoms with E-state index < -0.39 is 0 Å². The largest absolute Gasteiger partial charge is 2.00 e. The van der Waals surface area contributed by atoms with E-state index in [9.17, 15) is 0 Å². The summed E-state index contributed by atoms with van der Waals surface area (Å²) in [6, 6.07) is 0. The van der Waals surface area contributed by atoms with E-state index in [0.717, 1.165) is 0 Å². The molecule has 0 bridgehead atoms. The van der Waals surface area contributed by atoms with Gasteiger partial charge in [-0.05, 0) is 0 Å². The van der Waals surface area contributed by atoms with Gasteiger partial charge >= 0.3 is 16.8 Å². The monoisotopic (exact) mass is 121 g/mol. The van der Waals surface area contributed by atoms with Crippen molar-refractivity contribution in [2.75, 3.05) is 0 Å². The predicted octanol–water partition coefficient (Wildman–Crippen LogP) is -1.00. The molecule has 0 aliphatic carbocycles. The fourth-order valence-corrected chi connectivity index (χ4v) is 0. The SMILES string of the molecule is [CH2-]OO[O-].[Co+2]. The van der Waals surface area contributed by atoms with Crippen molar-refractivity contribution in [2.45, 2.75) is 0 Å². The number of hydrogen-bond acceptors (Lipinski definition) is 3. The van der Waals surface area contributed by atoms with Crippen molar-refractivity contribution in [1.29, 1.82) is 0 Å². The summed E-state index contributed by atoms with van der Waals surface area (Å²) >= 11 is 0. The van der Waals surface area contributed by atoms with Gasteiger partial charge in [-0.3, -0.25) is 0 Å². The molecule has 0 aromatic heterocycles. The van der Waals surface area contributed by atoms with Crippen molar-refractivity contribution in [3.63, 3.8) is 0 Å². The first kappa shape index (κ1) is 9.04. The van der Waals surface area contributed by atoms with Gasteiger partial charge in [-0.1, -0.05) is 0 Å². The molecule has 0 spiro atoms. The molecule has 33 valence electrons. The van der Waals surface area contributed by atoms with Gasteiger partial charge in [0.1, 0.15) is 0 Å². The third kappa shape index (κ3) is 13.0. The van der Waals surface area contributed by atoms with Crippen LogP contribution in [-0.4, -0.2) is 0 Å². The average Bonchev–Trinajstić information content (AvgIpc) is 1.37. The summed E-state index contributed by atoms with van der Waals surface area (Å²) in [5.41, 5.74) is 0. The summed E-state index contributed by atoms with van der Waals surface area (Å²) in [6.45, 7) is 0. The zero-order chi connectivity index (χ0) is 3.41. The molecule has 0 atom stereocenters. The first-order valence-corrected chi connectivity index (χ1v) is 0.622. The van der Waals surface area contributed by atoms with Gasteiger partial charge in [0.25, 0.3) is 0 Å². The summed E-state index contributed by atoms with van der Waals surface area (Å²) in [7, 11) is 2.57. The fourth-order valence-electron chi connectivity index (χ4n) is 0. The molecule has 0 aliphatic rings. The Morgan fingerprint density at radius 3 is 1.80 bits per heavy atom. The molecule has 0 heterocycles. The quantitative estimate of drug-likeness (QED) is 0.254. The van der Waals surface area contributed by atoms with Crippen LogP contribution >= 0.6 is 0 Å². The van der Waals surface area contributed by atoms with Gasteiger partial charge in [0.2, 0.25) is 0 Å². The second kappa shape index (κ2) is 8.83. The maximum absolute atomic E-state index is 8.51. The van der Waals surface area contributed by atoms with E-state index in [1.54, 1.807) is 0 Å². The normalized spacial score (nSPS) is 6.00. The Balaban J connectivity index is 0. The average molecular weight is 121 g/mol. The molecule has 0 saturated carbocycles. The Labute approximate surface area is 39.9 Å². The Hall–Kier alpha value is 0.386. The van der Waals surface area contributed by atoms with Crippen LogP contribution in [0.5, 0.6) is 0 Å². The van der Waals surface area contributed by atoms with Crippen LogP contribution in [-0.2, 0) is 26.7 Å². The van der Waals surface area contributed by atoms with Crippen LogP contribution in [0.15, 0.2) is 0 Å². The van der Waals surface area contributed by atoms with Crippen LogP contribution < -0.4 is 5.26 Å². The second-order valence-corrected chi connectivity index (χ2v) is 0.186. The summed E-state index contributed by atoms with van der Waals surface area (Å²) in [6.07, 6.45) is 0. The molecule has 0 aromatic carbocycles. The Bertz CT molecular complexity index is 8.85. The summed E-state index contributed by atoms with van der Waals surface area (Å²) in [5.74, 6) is 0. The van der Waals surface area contributed by atoms with Crippen molar-refractivity contribution in [1.82, 2.24) is 0 Å². The molecule has 0 unspecified atom stereocenters. The molecule has 3 nitrogen and oxygen atoms in total. The molecule has 1 radical (unpaired) electrons.